The Morgan fingerprint density at radius 1 is 1.07 bits per heavy atom. The zero-order valence-corrected chi connectivity index (χ0v) is 27.2. The van der Waals surface area contributed by atoms with E-state index in [1.807, 2.05) is 55.5 Å². The van der Waals surface area contributed by atoms with E-state index < -0.39 is 17.4 Å². The van der Waals surface area contributed by atoms with E-state index in [0.717, 1.165) is 29.8 Å². The number of carboxylic acid groups (broad SMARTS) is 1. The van der Waals surface area contributed by atoms with Crippen molar-refractivity contribution >= 4 is 17.4 Å². The molecule has 0 radical (unpaired) electrons. The molecule has 2 N–H and O–H groups in total. The Hall–Kier alpha value is -4.28. The molecule has 244 valence electrons. The summed E-state index contributed by atoms with van der Waals surface area (Å²) in [5.41, 5.74) is 4.16. The summed E-state index contributed by atoms with van der Waals surface area (Å²) in [4.78, 5) is 18.8. The molecule has 2 aromatic heterocycles. The first-order chi connectivity index (χ1) is 21.8. The molecule has 3 aliphatic rings. The number of para-hydroxylation sites is 1. The number of rotatable bonds is 2. The second-order valence-corrected chi connectivity index (χ2v) is 13.1. The third kappa shape index (κ3) is 7.92. The van der Waals surface area contributed by atoms with Gasteiger partial charge < -0.3 is 24.6 Å². The standard InChI is InChI=1S/C32H33FN4O4.C4H10O/c1-21-25(19-29(38)39)31-36-14-12-32(2,13-15-36)41-17-5-3-4-16-40-30-24(10-7-11-26(30)33)22-8-6-9-23(18-22)27-20-28(34-21)37(31)35-27;1-4(2,3)5/h3,5-11,18,20H,4,12-17,19H2,1-2H3,(H,38,39);5H,1-3H3/b5-3-;. The fourth-order valence-electron chi connectivity index (χ4n) is 5.69. The van der Waals surface area contributed by atoms with E-state index in [1.165, 1.54) is 6.07 Å². The number of fused-ring (bicyclic) bond motifs is 7. The minimum atomic E-state index is -0.915. The summed E-state index contributed by atoms with van der Waals surface area (Å²) >= 11 is 0. The molecule has 4 aromatic rings. The largest absolute Gasteiger partial charge is 0.490 e. The molecule has 7 rings (SSSR count). The van der Waals surface area contributed by atoms with E-state index in [2.05, 4.69) is 11.8 Å². The number of hydrogen-bond donors (Lipinski definition) is 2. The molecule has 3 aliphatic heterocycles. The number of nitrogens with zero attached hydrogens (tertiary/aromatic N) is 4. The molecule has 0 spiro atoms. The van der Waals surface area contributed by atoms with E-state index in [-0.39, 0.29) is 17.8 Å². The van der Waals surface area contributed by atoms with Gasteiger partial charge in [0.2, 0.25) is 0 Å². The van der Waals surface area contributed by atoms with Crippen LogP contribution in [0.4, 0.5) is 10.2 Å². The summed E-state index contributed by atoms with van der Waals surface area (Å²) in [5, 5.41) is 23.2. The fourth-order valence-corrected chi connectivity index (χ4v) is 5.69. The van der Waals surface area contributed by atoms with Crippen molar-refractivity contribution < 1.29 is 28.9 Å². The van der Waals surface area contributed by atoms with Gasteiger partial charge in [0.05, 0.1) is 36.5 Å². The highest BCUT2D eigenvalue weighted by molar-refractivity contribution is 5.78. The highest BCUT2D eigenvalue weighted by atomic mass is 19.1. The number of anilines is 1. The topological polar surface area (TPSA) is 109 Å². The van der Waals surface area contributed by atoms with Crippen LogP contribution in [0, 0.1) is 12.7 Å². The summed E-state index contributed by atoms with van der Waals surface area (Å²) in [6, 6.07) is 14.6. The summed E-state index contributed by atoms with van der Waals surface area (Å²) in [7, 11) is 0. The minimum absolute atomic E-state index is 0.147. The van der Waals surface area contributed by atoms with Crippen LogP contribution in [0.15, 0.2) is 60.7 Å². The molecule has 0 aliphatic carbocycles. The summed E-state index contributed by atoms with van der Waals surface area (Å²) in [5.74, 6) is -0.353. The summed E-state index contributed by atoms with van der Waals surface area (Å²) in [6.45, 7) is 11.4. The van der Waals surface area contributed by atoms with Gasteiger partial charge in [-0.25, -0.2) is 9.37 Å². The Kier molecular flexibility index (Phi) is 9.79. The van der Waals surface area contributed by atoms with Crippen molar-refractivity contribution in [2.75, 3.05) is 31.2 Å². The van der Waals surface area contributed by atoms with Crippen LogP contribution in [0.2, 0.25) is 0 Å². The second kappa shape index (κ2) is 13.6. The van der Waals surface area contributed by atoms with Crippen LogP contribution < -0.4 is 9.64 Å². The van der Waals surface area contributed by atoms with Gasteiger partial charge in [0.1, 0.15) is 5.82 Å². The molecule has 9 nitrogen and oxygen atoms in total. The normalized spacial score (nSPS) is 17.1. The van der Waals surface area contributed by atoms with Crippen molar-refractivity contribution in [2.24, 2.45) is 0 Å². The number of carboxylic acids is 1. The maximum atomic E-state index is 14.9. The Balaban J connectivity index is 0.000000775. The second-order valence-electron chi connectivity index (χ2n) is 13.1. The van der Waals surface area contributed by atoms with Crippen molar-refractivity contribution in [3.63, 3.8) is 0 Å². The van der Waals surface area contributed by atoms with Crippen molar-refractivity contribution in [3.8, 4) is 28.1 Å². The maximum absolute atomic E-state index is 14.9. The lowest BCUT2D eigenvalue weighted by Gasteiger charge is -2.40. The number of aliphatic carboxylic acids is 1. The number of halogens is 1. The number of aryl methyl sites for hydroxylation is 1. The van der Waals surface area contributed by atoms with E-state index in [0.29, 0.717) is 60.9 Å². The van der Waals surface area contributed by atoms with Gasteiger partial charge in [-0.2, -0.15) is 9.61 Å². The van der Waals surface area contributed by atoms with Crippen molar-refractivity contribution in [3.05, 3.63) is 77.8 Å². The van der Waals surface area contributed by atoms with Crippen LogP contribution in [-0.4, -0.2) is 68.3 Å². The van der Waals surface area contributed by atoms with Crippen LogP contribution in [0.5, 0.6) is 5.75 Å². The van der Waals surface area contributed by atoms with Crippen molar-refractivity contribution in [2.45, 2.75) is 71.5 Å². The van der Waals surface area contributed by atoms with Gasteiger partial charge in [-0.15, -0.1) is 0 Å². The first kappa shape index (κ1) is 33.1. The van der Waals surface area contributed by atoms with Gasteiger partial charge in [-0.05, 0) is 71.6 Å². The lowest BCUT2D eigenvalue weighted by molar-refractivity contribution is -0.136. The molecule has 6 bridgehead atoms. The Morgan fingerprint density at radius 3 is 2.48 bits per heavy atom. The SMILES string of the molecule is CC(C)(C)O.Cc1nc2cc3nn2c(c1CC(=O)O)N1CCC(C)(CC1)OC/C=C\CCOc1c(F)cccc1-c1cccc-3c1. The van der Waals surface area contributed by atoms with Crippen LogP contribution in [0.3, 0.4) is 0 Å². The van der Waals surface area contributed by atoms with Gasteiger partial charge >= 0.3 is 5.97 Å². The van der Waals surface area contributed by atoms with E-state index in [9.17, 15) is 14.3 Å². The Bertz CT molecular complexity index is 1730. The molecule has 1 saturated heterocycles. The Morgan fingerprint density at radius 2 is 1.76 bits per heavy atom. The van der Waals surface area contributed by atoms with E-state index >= 15 is 0 Å². The van der Waals surface area contributed by atoms with Crippen LogP contribution in [0.25, 0.3) is 28.0 Å². The molecule has 2 aromatic carbocycles. The molecule has 0 unspecified atom stereocenters. The lowest BCUT2D eigenvalue weighted by atomic mass is 9.93. The summed E-state index contributed by atoms with van der Waals surface area (Å²) in [6.07, 6.45) is 6.03. The number of piperidine rings is 1. The molecular weight excluding hydrogens is 587 g/mol. The number of ether oxygens (including phenoxy) is 2. The molecule has 1 fully saturated rings. The van der Waals surface area contributed by atoms with Crippen molar-refractivity contribution in [1.82, 2.24) is 14.6 Å². The highest BCUT2D eigenvalue weighted by Crippen LogP contribution is 2.36. The number of carbonyl (C=O) groups is 1. The van der Waals surface area contributed by atoms with Crippen LogP contribution in [-0.2, 0) is 16.0 Å². The molecule has 5 heterocycles. The third-order valence-electron chi connectivity index (χ3n) is 7.99. The average Bonchev–Trinajstić information content (AvgIpc) is 3.40. The number of aromatic nitrogens is 3. The maximum Gasteiger partial charge on any atom is 0.308 e. The van der Waals surface area contributed by atoms with Crippen LogP contribution in [0.1, 0.15) is 58.2 Å². The van der Waals surface area contributed by atoms with E-state index in [1.54, 1.807) is 31.4 Å². The number of aliphatic hydroxyl groups is 1. The highest BCUT2D eigenvalue weighted by Gasteiger charge is 2.33. The van der Waals surface area contributed by atoms with Crippen LogP contribution >= 0.6 is 0 Å². The lowest BCUT2D eigenvalue weighted by Crippen LogP contribution is -2.45. The fraction of sp³-hybridized carbons (Fsp3) is 0.417. The molecule has 0 atom stereocenters. The van der Waals surface area contributed by atoms with Gasteiger partial charge in [-0.1, -0.05) is 42.5 Å². The number of hydrogen-bond acceptors (Lipinski definition) is 7. The van der Waals surface area contributed by atoms with Gasteiger partial charge in [0.25, 0.3) is 0 Å². The molecule has 0 amide bonds. The monoisotopic (exact) mass is 630 g/mol. The average molecular weight is 631 g/mol. The molecular formula is C36H43FN4O5. The summed E-state index contributed by atoms with van der Waals surface area (Å²) < 4.78 is 28.9. The zero-order valence-electron chi connectivity index (χ0n) is 27.2. The van der Waals surface area contributed by atoms with Crippen molar-refractivity contribution in [1.29, 1.82) is 0 Å². The molecule has 0 saturated carbocycles. The smallest absolute Gasteiger partial charge is 0.308 e. The minimum Gasteiger partial charge on any atom is -0.490 e. The first-order valence-corrected chi connectivity index (χ1v) is 15.7. The zero-order chi connectivity index (χ0) is 33.1. The predicted molar refractivity (Wildman–Crippen MR) is 177 cm³/mol. The molecule has 10 heteroatoms. The molecule has 46 heavy (non-hydrogen) atoms. The quantitative estimate of drug-likeness (QED) is 0.238. The number of benzene rings is 2. The first-order valence-electron chi connectivity index (χ1n) is 15.7. The predicted octanol–water partition coefficient (Wildman–Crippen LogP) is 6.63. The van der Waals surface area contributed by atoms with E-state index in [4.69, 9.17) is 24.7 Å². The van der Waals surface area contributed by atoms with Gasteiger partial charge in [0.15, 0.2) is 17.2 Å². The van der Waals surface area contributed by atoms with Gasteiger partial charge in [-0.3, -0.25) is 4.79 Å². The Labute approximate surface area is 269 Å². The van der Waals surface area contributed by atoms with Gasteiger partial charge in [0, 0.05) is 41.5 Å². The third-order valence-corrected chi connectivity index (χ3v) is 7.99.